The Hall–Kier alpha value is -1.43. The van der Waals surface area contributed by atoms with Crippen molar-refractivity contribution in [2.24, 2.45) is 0 Å². The van der Waals surface area contributed by atoms with Crippen LogP contribution in [-0.4, -0.2) is 24.0 Å². The molecule has 6 heteroatoms. The third-order valence-corrected chi connectivity index (χ3v) is 3.29. The van der Waals surface area contributed by atoms with E-state index in [1.54, 1.807) is 0 Å². The van der Waals surface area contributed by atoms with Crippen LogP contribution in [0.1, 0.15) is 45.7 Å². The molecule has 1 rings (SSSR count). The van der Waals surface area contributed by atoms with Gasteiger partial charge in [0.2, 0.25) is 5.91 Å². The van der Waals surface area contributed by atoms with Crippen LogP contribution < -0.4 is 5.32 Å². The van der Waals surface area contributed by atoms with Gasteiger partial charge in [0, 0.05) is 23.6 Å². The number of thiazole rings is 1. The largest absolute Gasteiger partial charge is 0.469 e. The summed E-state index contributed by atoms with van der Waals surface area (Å²) in [6, 6.07) is 0. The minimum Gasteiger partial charge on any atom is -0.469 e. The molecule has 106 valence electrons. The maximum atomic E-state index is 11.6. The number of methoxy groups -OCH3 is 1. The van der Waals surface area contributed by atoms with E-state index in [0.29, 0.717) is 18.0 Å². The summed E-state index contributed by atoms with van der Waals surface area (Å²) in [5, 5.41) is 5.30. The fraction of sp³-hybridized carbons (Fsp3) is 0.615. The fourth-order valence-corrected chi connectivity index (χ4v) is 2.31. The lowest BCUT2D eigenvalue weighted by molar-refractivity contribution is -0.140. The second kappa shape index (κ2) is 6.65. The van der Waals surface area contributed by atoms with Crippen molar-refractivity contribution in [3.05, 3.63) is 11.1 Å². The summed E-state index contributed by atoms with van der Waals surface area (Å²) < 4.78 is 4.51. The Morgan fingerprint density at radius 1 is 1.37 bits per heavy atom. The molecule has 0 unspecified atom stereocenters. The van der Waals surface area contributed by atoms with Crippen LogP contribution in [0.5, 0.6) is 0 Å². The number of amides is 1. The number of anilines is 1. The number of rotatable bonds is 5. The van der Waals surface area contributed by atoms with Crippen molar-refractivity contribution in [2.45, 2.75) is 45.4 Å². The minimum absolute atomic E-state index is 0.0235. The number of carbonyl (C=O) groups excluding carboxylic acids is 2. The highest BCUT2D eigenvalue weighted by atomic mass is 32.1. The van der Waals surface area contributed by atoms with Crippen molar-refractivity contribution in [1.82, 2.24) is 4.98 Å². The predicted molar refractivity (Wildman–Crippen MR) is 75.3 cm³/mol. The second-order valence-electron chi connectivity index (χ2n) is 5.27. The van der Waals surface area contributed by atoms with E-state index in [0.717, 1.165) is 5.69 Å². The summed E-state index contributed by atoms with van der Waals surface area (Å²) in [6.45, 7) is 6.22. The van der Waals surface area contributed by atoms with E-state index in [-0.39, 0.29) is 23.7 Å². The van der Waals surface area contributed by atoms with Gasteiger partial charge in [-0.3, -0.25) is 9.59 Å². The van der Waals surface area contributed by atoms with Crippen molar-refractivity contribution >= 4 is 28.3 Å². The number of esters is 1. The summed E-state index contributed by atoms with van der Waals surface area (Å²) in [4.78, 5) is 26.9. The molecule has 0 spiro atoms. The number of nitrogens with zero attached hydrogens (tertiary/aromatic N) is 1. The van der Waals surface area contributed by atoms with Gasteiger partial charge in [0.25, 0.3) is 0 Å². The van der Waals surface area contributed by atoms with Gasteiger partial charge in [-0.2, -0.15) is 0 Å². The van der Waals surface area contributed by atoms with E-state index in [4.69, 9.17) is 0 Å². The van der Waals surface area contributed by atoms with Crippen molar-refractivity contribution in [1.29, 1.82) is 0 Å². The molecular weight excluding hydrogens is 264 g/mol. The van der Waals surface area contributed by atoms with Gasteiger partial charge in [-0.15, -0.1) is 11.3 Å². The Kier molecular flexibility index (Phi) is 5.47. The van der Waals surface area contributed by atoms with E-state index >= 15 is 0 Å². The Balaban J connectivity index is 2.40. The normalized spacial score (nSPS) is 11.2. The Morgan fingerprint density at radius 2 is 2.05 bits per heavy atom. The molecule has 0 bridgehead atoms. The average Bonchev–Trinajstić information content (AvgIpc) is 2.77. The molecule has 1 aromatic heterocycles. The van der Waals surface area contributed by atoms with Crippen molar-refractivity contribution in [2.75, 3.05) is 12.4 Å². The number of nitrogens with one attached hydrogen (secondary N) is 1. The van der Waals surface area contributed by atoms with Crippen LogP contribution in [0.25, 0.3) is 0 Å². The van der Waals surface area contributed by atoms with Crippen molar-refractivity contribution in [3.8, 4) is 0 Å². The summed E-state index contributed by atoms with van der Waals surface area (Å²) in [7, 11) is 1.34. The first-order valence-corrected chi connectivity index (χ1v) is 7.03. The van der Waals surface area contributed by atoms with Gasteiger partial charge in [0.15, 0.2) is 5.13 Å². The molecule has 1 amide bonds. The van der Waals surface area contributed by atoms with Gasteiger partial charge in [-0.1, -0.05) is 20.8 Å². The van der Waals surface area contributed by atoms with Gasteiger partial charge in [-0.25, -0.2) is 4.98 Å². The molecule has 19 heavy (non-hydrogen) atoms. The van der Waals surface area contributed by atoms with Crippen LogP contribution in [0, 0.1) is 0 Å². The quantitative estimate of drug-likeness (QED) is 0.844. The first kappa shape index (κ1) is 15.6. The zero-order valence-corrected chi connectivity index (χ0v) is 12.6. The molecule has 0 fully saturated rings. The third-order valence-electron chi connectivity index (χ3n) is 2.53. The highest BCUT2D eigenvalue weighted by Crippen LogP contribution is 2.26. The van der Waals surface area contributed by atoms with Crippen LogP contribution in [0.4, 0.5) is 5.13 Å². The van der Waals surface area contributed by atoms with Crippen LogP contribution in [0.3, 0.4) is 0 Å². The molecule has 1 N–H and O–H groups in total. The Morgan fingerprint density at radius 3 is 2.58 bits per heavy atom. The minimum atomic E-state index is -0.294. The lowest BCUT2D eigenvalue weighted by atomic mass is 9.93. The number of aromatic nitrogens is 1. The zero-order valence-electron chi connectivity index (χ0n) is 11.8. The summed E-state index contributed by atoms with van der Waals surface area (Å²) in [5.74, 6) is -0.421. The maximum Gasteiger partial charge on any atom is 0.305 e. The van der Waals surface area contributed by atoms with E-state index in [2.05, 4.69) is 35.8 Å². The second-order valence-corrected chi connectivity index (χ2v) is 6.12. The lowest BCUT2D eigenvalue weighted by Crippen LogP contribution is -2.14. The maximum absolute atomic E-state index is 11.6. The first-order valence-electron chi connectivity index (χ1n) is 6.15. The topological polar surface area (TPSA) is 68.3 Å². The first-order chi connectivity index (χ1) is 8.82. The molecule has 0 radical (unpaired) electrons. The van der Waals surface area contributed by atoms with E-state index < -0.39 is 0 Å². The number of hydrogen-bond donors (Lipinski definition) is 1. The monoisotopic (exact) mass is 284 g/mol. The van der Waals surface area contributed by atoms with E-state index in [9.17, 15) is 9.59 Å². The summed E-state index contributed by atoms with van der Waals surface area (Å²) >= 11 is 1.41. The van der Waals surface area contributed by atoms with Gasteiger partial charge in [-0.05, 0) is 6.42 Å². The van der Waals surface area contributed by atoms with Crippen molar-refractivity contribution < 1.29 is 14.3 Å². The van der Waals surface area contributed by atoms with Gasteiger partial charge >= 0.3 is 5.97 Å². The number of hydrogen-bond acceptors (Lipinski definition) is 5. The highest BCUT2D eigenvalue weighted by Gasteiger charge is 2.18. The smallest absolute Gasteiger partial charge is 0.305 e. The molecule has 0 aliphatic rings. The van der Waals surface area contributed by atoms with E-state index in [1.807, 2.05) is 5.38 Å². The zero-order chi connectivity index (χ0) is 14.5. The molecule has 5 nitrogen and oxygen atoms in total. The molecular formula is C13H20N2O3S. The molecule has 1 aromatic rings. The van der Waals surface area contributed by atoms with Gasteiger partial charge < -0.3 is 10.1 Å². The summed E-state index contributed by atoms with van der Waals surface area (Å²) in [5.41, 5.74) is 0.937. The molecule has 0 aliphatic heterocycles. The molecule has 0 aromatic carbocycles. The molecule has 0 atom stereocenters. The highest BCUT2D eigenvalue weighted by molar-refractivity contribution is 7.13. The Bertz CT molecular complexity index is 449. The van der Waals surface area contributed by atoms with Crippen LogP contribution in [0.2, 0.25) is 0 Å². The standard InChI is InChI=1S/C13H20N2O3S/c1-13(2,3)9-8-19-12(14-9)15-10(16)6-5-7-11(17)18-4/h8H,5-7H2,1-4H3,(H,14,15,16). The van der Waals surface area contributed by atoms with Crippen LogP contribution in [0.15, 0.2) is 5.38 Å². The number of carbonyl (C=O) groups is 2. The predicted octanol–water partition coefficient (Wildman–Crippen LogP) is 2.72. The summed E-state index contributed by atoms with van der Waals surface area (Å²) in [6.07, 6.45) is 1.03. The lowest BCUT2D eigenvalue weighted by Gasteiger charge is -2.14. The molecule has 0 aliphatic carbocycles. The SMILES string of the molecule is COC(=O)CCCC(=O)Nc1nc(C(C)(C)C)cs1. The Labute approximate surface area is 117 Å². The molecule has 0 saturated carbocycles. The van der Waals surface area contributed by atoms with Gasteiger partial charge in [0.1, 0.15) is 0 Å². The average molecular weight is 284 g/mol. The number of ether oxygens (including phenoxy) is 1. The van der Waals surface area contributed by atoms with Crippen molar-refractivity contribution in [3.63, 3.8) is 0 Å². The van der Waals surface area contributed by atoms with Gasteiger partial charge in [0.05, 0.1) is 12.8 Å². The third kappa shape index (κ3) is 5.38. The molecule has 0 saturated heterocycles. The van der Waals surface area contributed by atoms with E-state index in [1.165, 1.54) is 18.4 Å². The van der Waals surface area contributed by atoms with Crippen LogP contribution >= 0.6 is 11.3 Å². The fourth-order valence-electron chi connectivity index (χ4n) is 1.35. The molecule has 1 heterocycles. The van der Waals surface area contributed by atoms with Crippen LogP contribution in [-0.2, 0) is 19.7 Å².